The maximum Gasteiger partial charge on any atom is 0.343 e. The molecule has 1 aliphatic heterocycles. The molecular weight excluding hydrogens is 362 g/mol. The zero-order chi connectivity index (χ0) is 20.8. The Morgan fingerprint density at radius 2 is 1.96 bits per heavy atom. The van der Waals surface area contributed by atoms with Gasteiger partial charge in [0.1, 0.15) is 23.5 Å². The fourth-order valence-electron chi connectivity index (χ4n) is 2.63. The van der Waals surface area contributed by atoms with Crippen LogP contribution < -0.4 is 5.32 Å². The fraction of sp³-hybridized carbons (Fsp3) is 0.429. The molecule has 28 heavy (non-hydrogen) atoms. The zero-order valence-electron chi connectivity index (χ0n) is 16.1. The molecular formula is C21H25NO6. The number of aliphatic hydroxyl groups is 2. The predicted molar refractivity (Wildman–Crippen MR) is 104 cm³/mol. The van der Waals surface area contributed by atoms with Crippen LogP contribution in [0.5, 0.6) is 5.75 Å². The van der Waals surface area contributed by atoms with Gasteiger partial charge in [0.05, 0.1) is 6.10 Å². The highest BCUT2D eigenvalue weighted by molar-refractivity contribution is 5.96. The lowest BCUT2D eigenvalue weighted by atomic mass is 10.00. The van der Waals surface area contributed by atoms with E-state index in [0.29, 0.717) is 12.2 Å². The summed E-state index contributed by atoms with van der Waals surface area (Å²) in [5, 5.41) is 33.4. The third-order valence-corrected chi connectivity index (χ3v) is 4.49. The van der Waals surface area contributed by atoms with Crippen molar-refractivity contribution in [3.63, 3.8) is 0 Å². The molecule has 150 valence electrons. The number of aromatic hydroxyl groups is 1. The topological polar surface area (TPSA) is 116 Å². The normalized spacial score (nSPS) is 26.9. The van der Waals surface area contributed by atoms with Gasteiger partial charge >= 0.3 is 5.97 Å². The molecule has 0 saturated heterocycles. The smallest absolute Gasteiger partial charge is 0.343 e. The standard InChI is InChI=1S/C21H25NO6/c1-4-22-15-10-14-6-5-7-16(23)20(26)17(24)9-8-12(2)13(3)28-21(27)19(14)18(25)11-15/h8-13,16,20,22-23,25-26H,4,7H2,1-3H3/b9-8+/t12-,13+,16+,20-/m1/s1. The molecule has 0 unspecified atom stereocenters. The number of nitrogens with one attached hydrogen (secondary N) is 1. The molecule has 0 saturated carbocycles. The number of cyclic esters (lactones) is 1. The third kappa shape index (κ3) is 5.12. The number of fused-ring (bicyclic) bond motifs is 1. The molecule has 0 aliphatic carbocycles. The molecule has 1 aromatic carbocycles. The van der Waals surface area contributed by atoms with Gasteiger partial charge in [-0.05, 0) is 26.0 Å². The molecule has 0 amide bonds. The van der Waals surface area contributed by atoms with Gasteiger partial charge in [-0.15, -0.1) is 0 Å². The molecule has 4 atom stereocenters. The van der Waals surface area contributed by atoms with Gasteiger partial charge in [-0.1, -0.05) is 24.8 Å². The van der Waals surface area contributed by atoms with E-state index in [1.807, 2.05) is 6.92 Å². The van der Waals surface area contributed by atoms with Crippen LogP contribution in [-0.4, -0.2) is 51.9 Å². The number of rotatable bonds is 2. The summed E-state index contributed by atoms with van der Waals surface area (Å²) in [6, 6.07) is 3.01. The summed E-state index contributed by atoms with van der Waals surface area (Å²) in [6.45, 7) is 5.88. The minimum absolute atomic E-state index is 0.0691. The lowest BCUT2D eigenvalue weighted by Crippen LogP contribution is -2.32. The molecule has 2 rings (SSSR count). The zero-order valence-corrected chi connectivity index (χ0v) is 16.1. The minimum atomic E-state index is -1.60. The lowest BCUT2D eigenvalue weighted by molar-refractivity contribution is -0.127. The number of phenolic OH excluding ortho intramolecular Hbond substituents is 1. The first-order valence-corrected chi connectivity index (χ1v) is 9.13. The number of ketones is 1. The number of esters is 1. The van der Waals surface area contributed by atoms with Crippen LogP contribution in [0.25, 0.3) is 0 Å². The van der Waals surface area contributed by atoms with E-state index in [1.165, 1.54) is 12.1 Å². The number of hydrogen-bond donors (Lipinski definition) is 4. The first-order valence-electron chi connectivity index (χ1n) is 9.13. The number of hydrogen-bond acceptors (Lipinski definition) is 7. The maximum absolute atomic E-state index is 12.7. The summed E-state index contributed by atoms with van der Waals surface area (Å²) in [5.74, 6) is 3.39. The van der Waals surface area contributed by atoms with E-state index >= 15 is 0 Å². The van der Waals surface area contributed by atoms with Gasteiger partial charge in [0.25, 0.3) is 0 Å². The van der Waals surface area contributed by atoms with Crippen molar-refractivity contribution in [3.8, 4) is 17.6 Å². The van der Waals surface area contributed by atoms with Crippen molar-refractivity contribution < 1.29 is 29.6 Å². The van der Waals surface area contributed by atoms with Crippen LogP contribution in [-0.2, 0) is 9.53 Å². The van der Waals surface area contributed by atoms with E-state index in [4.69, 9.17) is 4.74 Å². The van der Waals surface area contributed by atoms with Gasteiger partial charge in [-0.25, -0.2) is 4.79 Å². The second-order valence-corrected chi connectivity index (χ2v) is 6.70. The second-order valence-electron chi connectivity index (χ2n) is 6.70. The van der Waals surface area contributed by atoms with Crippen molar-refractivity contribution in [1.82, 2.24) is 0 Å². The highest BCUT2D eigenvalue weighted by Gasteiger charge is 2.25. The quantitative estimate of drug-likeness (QED) is 0.450. The molecule has 1 heterocycles. The number of ether oxygens (including phenoxy) is 1. The van der Waals surface area contributed by atoms with E-state index in [1.54, 1.807) is 19.9 Å². The Morgan fingerprint density at radius 3 is 2.64 bits per heavy atom. The van der Waals surface area contributed by atoms with Crippen molar-refractivity contribution >= 4 is 17.4 Å². The summed E-state index contributed by atoms with van der Waals surface area (Å²) in [5.41, 5.74) is 0.726. The van der Waals surface area contributed by atoms with Crippen LogP contribution in [0.4, 0.5) is 5.69 Å². The highest BCUT2D eigenvalue weighted by Crippen LogP contribution is 2.28. The van der Waals surface area contributed by atoms with Crippen molar-refractivity contribution in [3.05, 3.63) is 35.4 Å². The molecule has 0 fully saturated rings. The SMILES string of the molecule is CCNc1cc(O)c2c(c1)C#CC[C@H](O)[C@@H](O)C(=O)/C=C/[C@@H](C)[C@H](C)OC2=O. The molecule has 4 N–H and O–H groups in total. The lowest BCUT2D eigenvalue weighted by Gasteiger charge is -2.19. The number of phenols is 1. The van der Waals surface area contributed by atoms with E-state index in [2.05, 4.69) is 17.2 Å². The van der Waals surface area contributed by atoms with Crippen LogP contribution >= 0.6 is 0 Å². The summed E-state index contributed by atoms with van der Waals surface area (Å²) in [6.07, 6.45) is -1.09. The van der Waals surface area contributed by atoms with Gasteiger partial charge < -0.3 is 25.4 Å². The first-order chi connectivity index (χ1) is 13.2. The molecule has 7 heteroatoms. The van der Waals surface area contributed by atoms with Crippen LogP contribution in [0.1, 0.15) is 43.1 Å². The average Bonchev–Trinajstić information content (AvgIpc) is 2.64. The van der Waals surface area contributed by atoms with Crippen molar-refractivity contribution in [2.75, 3.05) is 11.9 Å². The van der Waals surface area contributed by atoms with Crippen LogP contribution in [0.3, 0.4) is 0 Å². The first kappa shape index (κ1) is 21.5. The Labute approximate surface area is 164 Å². The number of benzene rings is 1. The molecule has 7 nitrogen and oxygen atoms in total. The second kappa shape index (κ2) is 9.40. The van der Waals surface area contributed by atoms with E-state index in [-0.39, 0.29) is 29.2 Å². The summed E-state index contributed by atoms with van der Waals surface area (Å²) in [7, 11) is 0. The third-order valence-electron chi connectivity index (χ3n) is 4.49. The number of anilines is 1. The van der Waals surface area contributed by atoms with Gasteiger partial charge in [0, 0.05) is 36.2 Å². The van der Waals surface area contributed by atoms with E-state index < -0.39 is 30.1 Å². The number of carbonyl (C=O) groups is 2. The average molecular weight is 387 g/mol. The fourth-order valence-corrected chi connectivity index (χ4v) is 2.63. The highest BCUT2D eigenvalue weighted by atomic mass is 16.5. The summed E-state index contributed by atoms with van der Waals surface area (Å²) >= 11 is 0. The maximum atomic E-state index is 12.7. The van der Waals surface area contributed by atoms with Crippen LogP contribution in [0.15, 0.2) is 24.3 Å². The largest absolute Gasteiger partial charge is 0.507 e. The van der Waals surface area contributed by atoms with Gasteiger partial charge in [0.2, 0.25) is 0 Å². The number of carbonyl (C=O) groups excluding carboxylic acids is 2. The Bertz CT molecular complexity index is 835. The van der Waals surface area contributed by atoms with Gasteiger partial charge in [-0.2, -0.15) is 0 Å². The van der Waals surface area contributed by atoms with Crippen molar-refractivity contribution in [2.45, 2.75) is 45.5 Å². The van der Waals surface area contributed by atoms with E-state index in [0.717, 1.165) is 6.08 Å². The molecule has 0 spiro atoms. The monoisotopic (exact) mass is 387 g/mol. The molecule has 1 aliphatic rings. The van der Waals surface area contributed by atoms with Crippen molar-refractivity contribution in [1.29, 1.82) is 0 Å². The summed E-state index contributed by atoms with van der Waals surface area (Å²) < 4.78 is 5.44. The Kier molecular flexibility index (Phi) is 7.21. The predicted octanol–water partition coefficient (Wildman–Crippen LogP) is 1.61. The van der Waals surface area contributed by atoms with Gasteiger partial charge in [-0.3, -0.25) is 4.79 Å². The molecule has 0 radical (unpaired) electrons. The van der Waals surface area contributed by atoms with Crippen molar-refractivity contribution in [2.24, 2.45) is 5.92 Å². The van der Waals surface area contributed by atoms with Crippen LogP contribution in [0, 0.1) is 17.8 Å². The minimum Gasteiger partial charge on any atom is -0.507 e. The molecule has 0 bridgehead atoms. The number of aliphatic hydroxyl groups excluding tert-OH is 2. The Morgan fingerprint density at radius 1 is 1.25 bits per heavy atom. The van der Waals surface area contributed by atoms with E-state index in [9.17, 15) is 24.9 Å². The molecule has 0 aromatic heterocycles. The van der Waals surface area contributed by atoms with Gasteiger partial charge in [0.15, 0.2) is 5.78 Å². The summed E-state index contributed by atoms with van der Waals surface area (Å²) in [4.78, 5) is 24.6. The molecule has 1 aromatic rings. The Balaban J connectivity index is 2.53. The Hall–Kier alpha value is -2.82. The van der Waals surface area contributed by atoms with Crippen LogP contribution in [0.2, 0.25) is 0 Å².